The minimum absolute atomic E-state index is 0.0497. The number of aryl methyl sites for hydroxylation is 1. The molecular formula is C12H7BrCl2F2S. The zero-order chi connectivity index (χ0) is 13.4. The van der Waals surface area contributed by atoms with Crippen LogP contribution in [0.2, 0.25) is 8.67 Å². The lowest BCUT2D eigenvalue weighted by Crippen LogP contribution is -2.02. The van der Waals surface area contributed by atoms with Crippen molar-refractivity contribution in [3.05, 3.63) is 55.2 Å². The Bertz CT molecular complexity index is 598. The molecule has 0 nitrogen and oxygen atoms in total. The summed E-state index contributed by atoms with van der Waals surface area (Å²) in [5.74, 6) is -1.19. The first-order valence-corrected chi connectivity index (χ1v) is 7.44. The second kappa shape index (κ2) is 5.45. The molecule has 1 unspecified atom stereocenters. The summed E-state index contributed by atoms with van der Waals surface area (Å²) in [6.45, 7) is 1.58. The Labute approximate surface area is 126 Å². The molecule has 0 saturated heterocycles. The predicted octanol–water partition coefficient (Wildman–Crippen LogP) is 6.13. The summed E-state index contributed by atoms with van der Waals surface area (Å²) < 4.78 is 28.7. The molecule has 0 radical (unpaired) electrons. The van der Waals surface area contributed by atoms with E-state index in [1.807, 2.05) is 0 Å². The molecule has 18 heavy (non-hydrogen) atoms. The van der Waals surface area contributed by atoms with Crippen molar-refractivity contribution in [2.75, 3.05) is 0 Å². The summed E-state index contributed by atoms with van der Waals surface area (Å²) in [6.07, 6.45) is 0. The van der Waals surface area contributed by atoms with Gasteiger partial charge in [0.25, 0.3) is 0 Å². The van der Waals surface area contributed by atoms with Crippen molar-refractivity contribution in [1.82, 2.24) is 0 Å². The molecule has 1 aromatic carbocycles. The maximum atomic E-state index is 14.0. The molecular weight excluding hydrogens is 365 g/mol. The van der Waals surface area contributed by atoms with Gasteiger partial charge in [0.1, 0.15) is 11.6 Å². The van der Waals surface area contributed by atoms with Gasteiger partial charge in [-0.1, -0.05) is 45.2 Å². The average Bonchev–Trinajstić information content (AvgIpc) is 2.63. The van der Waals surface area contributed by atoms with Crippen molar-refractivity contribution in [1.29, 1.82) is 0 Å². The van der Waals surface area contributed by atoms with Crippen LogP contribution < -0.4 is 0 Å². The van der Waals surface area contributed by atoms with Crippen LogP contribution in [0.15, 0.2) is 18.2 Å². The third-order valence-electron chi connectivity index (χ3n) is 2.53. The number of hydrogen-bond donors (Lipinski definition) is 0. The Hall–Kier alpha value is -0.160. The van der Waals surface area contributed by atoms with E-state index in [9.17, 15) is 8.78 Å². The van der Waals surface area contributed by atoms with Crippen LogP contribution in [0.3, 0.4) is 0 Å². The van der Waals surface area contributed by atoms with Crippen molar-refractivity contribution >= 4 is 50.5 Å². The average molecular weight is 372 g/mol. The first-order chi connectivity index (χ1) is 8.41. The molecule has 0 amide bonds. The smallest absolute Gasteiger partial charge is 0.133 e. The number of thiophene rings is 1. The molecule has 0 spiro atoms. The number of halogens is 5. The topological polar surface area (TPSA) is 0 Å². The molecule has 2 rings (SSSR count). The first kappa shape index (κ1) is 14.3. The van der Waals surface area contributed by atoms with Gasteiger partial charge >= 0.3 is 0 Å². The molecule has 6 heteroatoms. The molecule has 2 aromatic rings. The van der Waals surface area contributed by atoms with E-state index in [1.54, 1.807) is 13.0 Å². The molecule has 0 saturated carbocycles. The van der Waals surface area contributed by atoms with Crippen molar-refractivity contribution in [3.8, 4) is 0 Å². The summed E-state index contributed by atoms with van der Waals surface area (Å²) in [5, 5.41) is 0. The fourth-order valence-corrected chi connectivity index (χ4v) is 4.19. The normalized spacial score (nSPS) is 12.8. The summed E-state index contributed by atoms with van der Waals surface area (Å²) in [5.41, 5.74) is 0.898. The van der Waals surface area contributed by atoms with Gasteiger partial charge in [0.2, 0.25) is 0 Å². The quantitative estimate of drug-likeness (QED) is 0.557. The third kappa shape index (κ3) is 2.57. The lowest BCUT2D eigenvalue weighted by Gasteiger charge is -2.13. The number of hydrogen-bond acceptors (Lipinski definition) is 1. The summed E-state index contributed by atoms with van der Waals surface area (Å²) >= 11 is 16.3. The fraction of sp³-hybridized carbons (Fsp3) is 0.167. The standard InChI is InChI=1S/C12H7BrCl2F2S/c1-5-2-3-7(16)9(11(5)17)10(13)6-4-8(14)18-12(6)15/h2-4,10H,1H3. The highest BCUT2D eigenvalue weighted by atomic mass is 79.9. The molecule has 0 aliphatic carbocycles. The van der Waals surface area contributed by atoms with Gasteiger partial charge in [0, 0.05) is 11.1 Å². The minimum atomic E-state index is -0.659. The largest absolute Gasteiger partial charge is 0.207 e. The molecule has 0 aliphatic heterocycles. The van der Waals surface area contributed by atoms with E-state index < -0.39 is 16.5 Å². The molecule has 96 valence electrons. The van der Waals surface area contributed by atoms with Crippen molar-refractivity contribution in [2.24, 2.45) is 0 Å². The van der Waals surface area contributed by atoms with E-state index in [4.69, 9.17) is 23.2 Å². The SMILES string of the molecule is Cc1ccc(F)c(C(Br)c2cc(Cl)sc2Cl)c1F. The van der Waals surface area contributed by atoms with Gasteiger partial charge in [-0.25, -0.2) is 8.78 Å². The summed E-state index contributed by atoms with van der Waals surface area (Å²) in [4.78, 5) is -0.659. The fourth-order valence-electron chi connectivity index (χ4n) is 1.59. The van der Waals surface area contributed by atoms with E-state index >= 15 is 0 Å². The molecule has 1 aromatic heterocycles. The van der Waals surface area contributed by atoms with E-state index in [-0.39, 0.29) is 5.56 Å². The zero-order valence-corrected chi connectivity index (χ0v) is 13.0. The molecule has 1 atom stereocenters. The zero-order valence-electron chi connectivity index (χ0n) is 9.11. The predicted molar refractivity (Wildman–Crippen MR) is 76.2 cm³/mol. The van der Waals surface area contributed by atoms with Crippen LogP contribution >= 0.6 is 50.5 Å². The van der Waals surface area contributed by atoms with Gasteiger partial charge in [-0.05, 0) is 24.6 Å². The van der Waals surface area contributed by atoms with Gasteiger partial charge in [0.05, 0.1) is 13.5 Å². The molecule has 1 heterocycles. The van der Waals surface area contributed by atoms with Crippen molar-refractivity contribution in [3.63, 3.8) is 0 Å². The van der Waals surface area contributed by atoms with Crippen LogP contribution in [0.1, 0.15) is 21.5 Å². The van der Waals surface area contributed by atoms with Gasteiger partial charge in [-0.15, -0.1) is 11.3 Å². The van der Waals surface area contributed by atoms with Crippen LogP contribution in [0.4, 0.5) is 8.78 Å². The molecule has 0 bridgehead atoms. The second-order valence-electron chi connectivity index (χ2n) is 3.73. The Morgan fingerprint density at radius 3 is 2.50 bits per heavy atom. The van der Waals surface area contributed by atoms with Crippen molar-refractivity contribution < 1.29 is 8.78 Å². The van der Waals surface area contributed by atoms with Gasteiger partial charge in [-0.2, -0.15) is 0 Å². The molecule has 0 fully saturated rings. The maximum absolute atomic E-state index is 14.0. The van der Waals surface area contributed by atoms with Gasteiger partial charge < -0.3 is 0 Å². The molecule has 0 N–H and O–H groups in total. The first-order valence-electron chi connectivity index (χ1n) is 4.95. The Balaban J connectivity index is 2.56. The minimum Gasteiger partial charge on any atom is -0.207 e. The Morgan fingerprint density at radius 1 is 1.28 bits per heavy atom. The van der Waals surface area contributed by atoms with E-state index in [0.717, 1.165) is 11.3 Å². The number of rotatable bonds is 2. The van der Waals surface area contributed by atoms with E-state index in [2.05, 4.69) is 15.9 Å². The Morgan fingerprint density at radius 2 is 1.94 bits per heavy atom. The van der Waals surface area contributed by atoms with Crippen LogP contribution in [0.5, 0.6) is 0 Å². The van der Waals surface area contributed by atoms with E-state index in [0.29, 0.717) is 19.8 Å². The monoisotopic (exact) mass is 370 g/mol. The molecule has 0 aliphatic rings. The Kier molecular flexibility index (Phi) is 4.32. The lowest BCUT2D eigenvalue weighted by molar-refractivity contribution is 0.555. The number of benzene rings is 1. The van der Waals surface area contributed by atoms with Crippen LogP contribution in [0, 0.1) is 18.6 Å². The highest BCUT2D eigenvalue weighted by Crippen LogP contribution is 2.43. The van der Waals surface area contributed by atoms with Crippen LogP contribution in [0.25, 0.3) is 0 Å². The van der Waals surface area contributed by atoms with Crippen LogP contribution in [-0.2, 0) is 0 Å². The van der Waals surface area contributed by atoms with E-state index in [1.165, 1.54) is 12.1 Å². The van der Waals surface area contributed by atoms with Gasteiger partial charge in [0.15, 0.2) is 0 Å². The van der Waals surface area contributed by atoms with Crippen LogP contribution in [-0.4, -0.2) is 0 Å². The summed E-state index contributed by atoms with van der Waals surface area (Å²) in [6, 6.07) is 4.25. The highest BCUT2D eigenvalue weighted by Gasteiger charge is 2.24. The third-order valence-corrected chi connectivity index (χ3v) is 5.00. The highest BCUT2D eigenvalue weighted by molar-refractivity contribution is 9.09. The number of alkyl halides is 1. The van der Waals surface area contributed by atoms with Gasteiger partial charge in [-0.3, -0.25) is 0 Å². The maximum Gasteiger partial charge on any atom is 0.133 e. The lowest BCUT2D eigenvalue weighted by atomic mass is 10.0. The second-order valence-corrected chi connectivity index (χ2v) is 6.94. The van der Waals surface area contributed by atoms with Crippen molar-refractivity contribution in [2.45, 2.75) is 11.8 Å². The summed E-state index contributed by atoms with van der Waals surface area (Å²) in [7, 11) is 0.